The molecule has 0 aliphatic heterocycles. The van der Waals surface area contributed by atoms with Crippen molar-refractivity contribution in [2.75, 3.05) is 0 Å². The molecule has 2 aromatic rings. The summed E-state index contributed by atoms with van der Waals surface area (Å²) >= 11 is 0. The van der Waals surface area contributed by atoms with E-state index in [0.29, 0.717) is 18.4 Å². The molecule has 19 heavy (non-hydrogen) atoms. The molecule has 1 aromatic heterocycles. The molecule has 1 aromatic carbocycles. The number of benzene rings is 1. The summed E-state index contributed by atoms with van der Waals surface area (Å²) in [6, 6.07) is 8.74. The molecule has 2 rings (SSSR count). The summed E-state index contributed by atoms with van der Waals surface area (Å²) in [6.45, 7) is 2.00. The van der Waals surface area contributed by atoms with E-state index in [9.17, 15) is 4.39 Å². The van der Waals surface area contributed by atoms with Gasteiger partial charge in [0.2, 0.25) is 0 Å². The number of aryl methyl sites for hydroxylation is 2. The highest BCUT2D eigenvalue weighted by atomic mass is 19.1. The molecule has 0 amide bonds. The molecule has 2 N–H and O–H groups in total. The summed E-state index contributed by atoms with van der Waals surface area (Å²) in [4.78, 5) is 0. The van der Waals surface area contributed by atoms with Crippen molar-refractivity contribution in [1.82, 2.24) is 9.78 Å². The second-order valence-electron chi connectivity index (χ2n) is 4.94. The fourth-order valence-corrected chi connectivity index (χ4v) is 2.36. The average molecular weight is 261 g/mol. The molecule has 0 radical (unpaired) electrons. The lowest BCUT2D eigenvalue weighted by atomic mass is 9.83. The van der Waals surface area contributed by atoms with Gasteiger partial charge in [-0.25, -0.2) is 4.39 Å². The fraction of sp³-hybridized carbons (Fsp3) is 0.400. The number of nitrogens with two attached hydrogens (primary N) is 1. The molecule has 0 saturated heterocycles. The van der Waals surface area contributed by atoms with Crippen molar-refractivity contribution < 1.29 is 4.39 Å². The maximum Gasteiger partial charge on any atom is 0.128 e. The van der Waals surface area contributed by atoms with Crippen LogP contribution in [-0.4, -0.2) is 9.78 Å². The third-order valence-electron chi connectivity index (χ3n) is 3.79. The van der Waals surface area contributed by atoms with E-state index in [0.717, 1.165) is 12.1 Å². The third-order valence-corrected chi connectivity index (χ3v) is 3.79. The van der Waals surface area contributed by atoms with Crippen LogP contribution in [0.3, 0.4) is 0 Å². The normalized spacial score (nSPS) is 14.3. The van der Waals surface area contributed by atoms with Crippen LogP contribution in [0.2, 0.25) is 0 Å². The molecule has 102 valence electrons. The standard InChI is InChI=1S/C15H20FN3/c1-3-15(17,13-6-4-5-7-14(13)16)10-8-12-9-11-18-19(12)2/h4-7,9,11H,3,8,10,17H2,1-2H3. The third kappa shape index (κ3) is 2.84. The molecular weight excluding hydrogens is 241 g/mol. The van der Waals surface area contributed by atoms with Crippen molar-refractivity contribution in [3.63, 3.8) is 0 Å². The van der Waals surface area contributed by atoms with Crippen LogP contribution in [0.5, 0.6) is 0 Å². The van der Waals surface area contributed by atoms with Crippen LogP contribution >= 0.6 is 0 Å². The number of halogens is 1. The topological polar surface area (TPSA) is 43.8 Å². The summed E-state index contributed by atoms with van der Waals surface area (Å²) in [5.74, 6) is -0.225. The van der Waals surface area contributed by atoms with Gasteiger partial charge in [0.15, 0.2) is 0 Å². The monoisotopic (exact) mass is 261 g/mol. The van der Waals surface area contributed by atoms with E-state index in [1.807, 2.05) is 30.8 Å². The van der Waals surface area contributed by atoms with Crippen molar-refractivity contribution in [2.45, 2.75) is 31.7 Å². The highest BCUT2D eigenvalue weighted by Gasteiger charge is 2.28. The Morgan fingerprint density at radius 1 is 1.32 bits per heavy atom. The summed E-state index contributed by atoms with van der Waals surface area (Å²) in [5, 5.41) is 4.14. The maximum absolute atomic E-state index is 13.9. The van der Waals surface area contributed by atoms with Gasteiger partial charge in [0.1, 0.15) is 5.82 Å². The van der Waals surface area contributed by atoms with Crippen LogP contribution in [0.25, 0.3) is 0 Å². The van der Waals surface area contributed by atoms with Crippen molar-refractivity contribution in [3.8, 4) is 0 Å². The van der Waals surface area contributed by atoms with Gasteiger partial charge >= 0.3 is 0 Å². The lowest BCUT2D eigenvalue weighted by molar-refractivity contribution is 0.372. The number of rotatable bonds is 5. The second kappa shape index (κ2) is 5.53. The summed E-state index contributed by atoms with van der Waals surface area (Å²) in [6.07, 6.45) is 3.95. The van der Waals surface area contributed by atoms with E-state index < -0.39 is 5.54 Å². The first-order valence-electron chi connectivity index (χ1n) is 6.57. The van der Waals surface area contributed by atoms with Gasteiger partial charge in [-0.1, -0.05) is 25.1 Å². The minimum Gasteiger partial charge on any atom is -0.321 e. The van der Waals surface area contributed by atoms with Crippen LogP contribution in [0.4, 0.5) is 4.39 Å². The lowest BCUT2D eigenvalue weighted by Crippen LogP contribution is -2.37. The number of aromatic nitrogens is 2. The summed E-state index contributed by atoms with van der Waals surface area (Å²) in [5.41, 5.74) is 7.49. The van der Waals surface area contributed by atoms with Crippen LogP contribution in [0, 0.1) is 5.82 Å². The van der Waals surface area contributed by atoms with E-state index >= 15 is 0 Å². The first-order valence-corrected chi connectivity index (χ1v) is 6.57. The van der Waals surface area contributed by atoms with E-state index in [1.165, 1.54) is 6.07 Å². The van der Waals surface area contributed by atoms with Gasteiger partial charge < -0.3 is 5.73 Å². The van der Waals surface area contributed by atoms with Crippen molar-refractivity contribution in [1.29, 1.82) is 0 Å². The average Bonchev–Trinajstić information content (AvgIpc) is 2.82. The summed E-state index contributed by atoms with van der Waals surface area (Å²) in [7, 11) is 1.91. The zero-order valence-corrected chi connectivity index (χ0v) is 11.4. The second-order valence-corrected chi connectivity index (χ2v) is 4.94. The van der Waals surface area contributed by atoms with Crippen molar-refractivity contribution in [3.05, 3.63) is 53.6 Å². The van der Waals surface area contributed by atoms with Gasteiger partial charge in [-0.2, -0.15) is 5.10 Å². The fourth-order valence-electron chi connectivity index (χ4n) is 2.36. The minimum atomic E-state index is -0.629. The van der Waals surface area contributed by atoms with E-state index in [2.05, 4.69) is 5.10 Å². The van der Waals surface area contributed by atoms with Crippen LogP contribution in [0.1, 0.15) is 31.0 Å². The highest BCUT2D eigenvalue weighted by Crippen LogP contribution is 2.29. The Hall–Kier alpha value is -1.68. The molecule has 0 aliphatic carbocycles. The number of nitrogens with zero attached hydrogens (tertiary/aromatic N) is 2. The number of hydrogen-bond acceptors (Lipinski definition) is 2. The van der Waals surface area contributed by atoms with Crippen LogP contribution in [0.15, 0.2) is 36.5 Å². The molecule has 0 aliphatic rings. The van der Waals surface area contributed by atoms with Crippen LogP contribution in [-0.2, 0) is 19.0 Å². The quantitative estimate of drug-likeness (QED) is 0.899. The Bertz CT molecular complexity index is 550. The molecular formula is C15H20FN3. The van der Waals surface area contributed by atoms with Gasteiger partial charge in [0.05, 0.1) is 0 Å². The first kappa shape index (κ1) is 13.7. The Kier molecular flexibility index (Phi) is 4.00. The van der Waals surface area contributed by atoms with Crippen LogP contribution < -0.4 is 5.73 Å². The molecule has 1 heterocycles. The van der Waals surface area contributed by atoms with E-state index in [-0.39, 0.29) is 5.82 Å². The molecule has 4 heteroatoms. The van der Waals surface area contributed by atoms with Gasteiger partial charge in [0.25, 0.3) is 0 Å². The van der Waals surface area contributed by atoms with Gasteiger partial charge in [-0.05, 0) is 31.4 Å². The molecule has 1 unspecified atom stereocenters. The smallest absolute Gasteiger partial charge is 0.128 e. The minimum absolute atomic E-state index is 0.225. The van der Waals surface area contributed by atoms with E-state index in [1.54, 1.807) is 18.3 Å². The zero-order valence-electron chi connectivity index (χ0n) is 11.4. The molecule has 0 fully saturated rings. The Morgan fingerprint density at radius 3 is 2.63 bits per heavy atom. The van der Waals surface area contributed by atoms with Crippen molar-refractivity contribution >= 4 is 0 Å². The van der Waals surface area contributed by atoms with Crippen molar-refractivity contribution in [2.24, 2.45) is 12.8 Å². The highest BCUT2D eigenvalue weighted by molar-refractivity contribution is 5.26. The van der Waals surface area contributed by atoms with Gasteiger partial charge in [-0.3, -0.25) is 4.68 Å². The number of hydrogen-bond donors (Lipinski definition) is 1. The SMILES string of the molecule is CCC(N)(CCc1ccnn1C)c1ccccc1F. The molecule has 0 spiro atoms. The Balaban J connectivity index is 2.19. The predicted molar refractivity (Wildman–Crippen MR) is 74.1 cm³/mol. The van der Waals surface area contributed by atoms with Gasteiger partial charge in [0, 0.05) is 30.0 Å². The van der Waals surface area contributed by atoms with Gasteiger partial charge in [-0.15, -0.1) is 0 Å². The Labute approximate surface area is 113 Å². The largest absolute Gasteiger partial charge is 0.321 e. The predicted octanol–water partition coefficient (Wildman–Crippen LogP) is 2.76. The molecule has 1 atom stereocenters. The molecule has 0 saturated carbocycles. The Morgan fingerprint density at radius 2 is 2.05 bits per heavy atom. The molecule has 0 bridgehead atoms. The summed E-state index contributed by atoms with van der Waals surface area (Å²) < 4.78 is 15.8. The zero-order chi connectivity index (χ0) is 13.9. The van der Waals surface area contributed by atoms with E-state index in [4.69, 9.17) is 5.73 Å². The lowest BCUT2D eigenvalue weighted by Gasteiger charge is -2.29. The maximum atomic E-state index is 13.9. The first-order chi connectivity index (χ1) is 9.07. The molecule has 3 nitrogen and oxygen atoms in total.